The number of ketones is 1. The van der Waals surface area contributed by atoms with E-state index in [0.717, 1.165) is 11.1 Å². The molecule has 0 saturated heterocycles. The first kappa shape index (κ1) is 17.8. The lowest BCUT2D eigenvalue weighted by atomic mass is 10.1. The number of rotatable bonds is 6. The van der Waals surface area contributed by atoms with Crippen LogP contribution < -0.4 is 0 Å². The fourth-order valence-corrected chi connectivity index (χ4v) is 3.73. The van der Waals surface area contributed by atoms with E-state index in [2.05, 4.69) is 4.98 Å². The Morgan fingerprint density at radius 1 is 0.885 bits per heavy atom. The van der Waals surface area contributed by atoms with E-state index in [0.29, 0.717) is 0 Å². The lowest BCUT2D eigenvalue weighted by molar-refractivity contribution is -0.113. The molecule has 0 aliphatic heterocycles. The van der Waals surface area contributed by atoms with Gasteiger partial charge in [-0.05, 0) is 53.6 Å². The van der Waals surface area contributed by atoms with E-state index in [4.69, 9.17) is 0 Å². The molecule has 0 N–H and O–H groups in total. The number of carbonyl (C=O) groups is 1. The molecule has 0 radical (unpaired) electrons. The Hall–Kier alpha value is -3.05. The van der Waals surface area contributed by atoms with Crippen LogP contribution in [0.1, 0.15) is 11.1 Å². The van der Waals surface area contributed by atoms with E-state index in [1.165, 1.54) is 18.2 Å². The molecule has 4 nitrogen and oxygen atoms in total. The topological polar surface area (TPSA) is 64.1 Å². The molecule has 2 aromatic carbocycles. The van der Waals surface area contributed by atoms with Crippen LogP contribution in [0.5, 0.6) is 0 Å². The maximum absolute atomic E-state index is 12.5. The van der Waals surface area contributed by atoms with Crippen molar-refractivity contribution in [3.8, 4) is 0 Å². The minimum Gasteiger partial charge on any atom is -0.294 e. The first-order chi connectivity index (χ1) is 12.6. The zero-order valence-corrected chi connectivity index (χ0v) is 14.8. The van der Waals surface area contributed by atoms with Crippen LogP contribution in [0.15, 0.2) is 95.0 Å². The summed E-state index contributed by atoms with van der Waals surface area (Å²) in [6, 6.07) is 18.4. The molecule has 3 aromatic rings. The maximum atomic E-state index is 12.5. The van der Waals surface area contributed by atoms with Crippen LogP contribution in [-0.4, -0.2) is 19.2 Å². The maximum Gasteiger partial charge on any atom is 0.206 e. The monoisotopic (exact) mass is 363 g/mol. The first-order valence-electron chi connectivity index (χ1n) is 8.06. The van der Waals surface area contributed by atoms with E-state index in [-0.39, 0.29) is 22.0 Å². The van der Waals surface area contributed by atoms with Crippen molar-refractivity contribution in [3.63, 3.8) is 0 Å². The molecule has 26 heavy (non-hydrogen) atoms. The van der Waals surface area contributed by atoms with Gasteiger partial charge in [0.25, 0.3) is 0 Å². The summed E-state index contributed by atoms with van der Waals surface area (Å²) < 4.78 is 25.1. The van der Waals surface area contributed by atoms with Gasteiger partial charge in [-0.3, -0.25) is 9.78 Å². The molecule has 0 spiro atoms. The lowest BCUT2D eigenvalue weighted by Crippen LogP contribution is -2.03. The molecule has 0 atom stereocenters. The van der Waals surface area contributed by atoms with Crippen LogP contribution >= 0.6 is 0 Å². The molecule has 3 rings (SSSR count). The Morgan fingerprint density at radius 2 is 1.58 bits per heavy atom. The summed E-state index contributed by atoms with van der Waals surface area (Å²) in [6.07, 6.45) is 6.77. The molecule has 0 saturated carbocycles. The number of nitrogens with zero attached hydrogens (tertiary/aromatic N) is 1. The van der Waals surface area contributed by atoms with Crippen LogP contribution in [0.2, 0.25) is 0 Å². The summed E-state index contributed by atoms with van der Waals surface area (Å²) in [5.41, 5.74) is 1.61. The molecule has 0 aliphatic carbocycles. The fraction of sp³-hybridized carbons (Fsp3) is 0.0476. The third-order valence-corrected chi connectivity index (χ3v) is 5.60. The second kappa shape index (κ2) is 7.89. The first-order valence-corrected chi connectivity index (χ1v) is 9.54. The third kappa shape index (κ3) is 4.32. The number of aromatic nitrogens is 1. The van der Waals surface area contributed by atoms with Gasteiger partial charge in [0.15, 0.2) is 5.78 Å². The van der Waals surface area contributed by atoms with Crippen LogP contribution in [0.3, 0.4) is 0 Å². The van der Waals surface area contributed by atoms with Crippen LogP contribution in [-0.2, 0) is 21.1 Å². The highest BCUT2D eigenvalue weighted by Gasteiger charge is 2.16. The number of benzene rings is 2. The van der Waals surface area contributed by atoms with Crippen molar-refractivity contribution in [1.29, 1.82) is 0 Å². The number of pyridine rings is 1. The van der Waals surface area contributed by atoms with Gasteiger partial charge >= 0.3 is 0 Å². The fourth-order valence-electron chi connectivity index (χ4n) is 2.45. The molecule has 0 fully saturated rings. The van der Waals surface area contributed by atoms with Crippen molar-refractivity contribution in [2.24, 2.45) is 0 Å². The van der Waals surface area contributed by atoms with Crippen LogP contribution in [0.25, 0.3) is 6.08 Å². The molecule has 5 heteroatoms. The molecule has 1 aromatic heterocycles. The van der Waals surface area contributed by atoms with Crippen molar-refractivity contribution in [2.45, 2.75) is 16.2 Å². The summed E-state index contributed by atoms with van der Waals surface area (Å²) in [4.78, 5) is 16.5. The lowest BCUT2D eigenvalue weighted by Gasteiger charge is -2.05. The van der Waals surface area contributed by atoms with E-state index in [9.17, 15) is 13.2 Å². The van der Waals surface area contributed by atoms with Gasteiger partial charge in [0.2, 0.25) is 9.84 Å². The summed E-state index contributed by atoms with van der Waals surface area (Å²) >= 11 is 0. The highest BCUT2D eigenvalue weighted by Crippen LogP contribution is 2.21. The second-order valence-electron chi connectivity index (χ2n) is 5.72. The molecule has 0 aliphatic rings. The molecule has 0 amide bonds. The van der Waals surface area contributed by atoms with Crippen LogP contribution in [0, 0.1) is 0 Å². The standard InChI is InChI=1S/C21H17NO3S/c23-19(11-8-18-5-4-14-22-16-18)15-17-9-12-21(13-10-17)26(24,25)20-6-2-1-3-7-20/h1-14,16H,15H2. The average Bonchev–Trinajstić information content (AvgIpc) is 2.68. The highest BCUT2D eigenvalue weighted by atomic mass is 32.2. The number of carbonyl (C=O) groups excluding carboxylic acids is 1. The van der Waals surface area contributed by atoms with Crippen molar-refractivity contribution in [2.75, 3.05) is 0 Å². The summed E-state index contributed by atoms with van der Waals surface area (Å²) in [6.45, 7) is 0. The third-order valence-electron chi connectivity index (χ3n) is 3.81. The van der Waals surface area contributed by atoms with Gasteiger partial charge in [-0.15, -0.1) is 0 Å². The Kier molecular flexibility index (Phi) is 5.39. The van der Waals surface area contributed by atoms with Gasteiger partial charge in [-0.1, -0.05) is 36.4 Å². The SMILES string of the molecule is O=C(C=Cc1cccnc1)Cc1ccc(S(=O)(=O)c2ccccc2)cc1. The Balaban J connectivity index is 1.70. The molecule has 130 valence electrons. The summed E-state index contributed by atoms with van der Waals surface area (Å²) in [5.74, 6) is -0.0625. The number of hydrogen-bond donors (Lipinski definition) is 0. The average molecular weight is 363 g/mol. The van der Waals surface area contributed by atoms with Gasteiger partial charge in [0.1, 0.15) is 0 Å². The quantitative estimate of drug-likeness (QED) is 0.626. The number of hydrogen-bond acceptors (Lipinski definition) is 4. The largest absolute Gasteiger partial charge is 0.294 e. The van der Waals surface area contributed by atoms with E-state index >= 15 is 0 Å². The minimum absolute atomic E-state index is 0.0625. The van der Waals surface area contributed by atoms with Gasteiger partial charge < -0.3 is 0 Å². The molecule has 1 heterocycles. The molecular weight excluding hydrogens is 346 g/mol. The summed E-state index contributed by atoms with van der Waals surface area (Å²) in [7, 11) is -3.54. The smallest absolute Gasteiger partial charge is 0.206 e. The molecule has 0 unspecified atom stereocenters. The summed E-state index contributed by atoms with van der Waals surface area (Å²) in [5, 5.41) is 0. The van der Waals surface area contributed by atoms with Crippen molar-refractivity contribution >= 4 is 21.7 Å². The minimum atomic E-state index is -3.54. The van der Waals surface area contributed by atoms with Crippen LogP contribution in [0.4, 0.5) is 0 Å². The predicted molar refractivity (Wildman–Crippen MR) is 100 cm³/mol. The Labute approximate surface area is 152 Å². The number of sulfone groups is 1. The van der Waals surface area contributed by atoms with Gasteiger partial charge in [0, 0.05) is 18.8 Å². The molecule has 0 bridgehead atoms. The van der Waals surface area contributed by atoms with Crippen molar-refractivity contribution in [1.82, 2.24) is 4.98 Å². The van der Waals surface area contributed by atoms with Gasteiger partial charge in [-0.2, -0.15) is 0 Å². The predicted octanol–water partition coefficient (Wildman–Crippen LogP) is 3.74. The zero-order chi connectivity index (χ0) is 18.4. The molecular formula is C21H17NO3S. The Bertz CT molecular complexity index is 1010. The highest BCUT2D eigenvalue weighted by molar-refractivity contribution is 7.91. The normalized spacial score (nSPS) is 11.5. The van der Waals surface area contributed by atoms with Gasteiger partial charge in [-0.25, -0.2) is 8.42 Å². The van der Waals surface area contributed by atoms with E-state index in [1.807, 2.05) is 6.07 Å². The number of allylic oxidation sites excluding steroid dienone is 1. The van der Waals surface area contributed by atoms with Gasteiger partial charge in [0.05, 0.1) is 9.79 Å². The zero-order valence-electron chi connectivity index (χ0n) is 13.9. The Morgan fingerprint density at radius 3 is 2.23 bits per heavy atom. The second-order valence-corrected chi connectivity index (χ2v) is 7.67. The van der Waals surface area contributed by atoms with E-state index in [1.54, 1.807) is 67.0 Å². The van der Waals surface area contributed by atoms with E-state index < -0.39 is 9.84 Å². The van der Waals surface area contributed by atoms with Crippen molar-refractivity contribution < 1.29 is 13.2 Å². The van der Waals surface area contributed by atoms with Crippen molar-refractivity contribution in [3.05, 3.63) is 96.3 Å².